The second-order valence-electron chi connectivity index (χ2n) is 4.65. The van der Waals surface area contributed by atoms with Crippen molar-refractivity contribution in [2.75, 3.05) is 0 Å². The van der Waals surface area contributed by atoms with Gasteiger partial charge >= 0.3 is 0 Å². The zero-order chi connectivity index (χ0) is 13.5. The summed E-state index contributed by atoms with van der Waals surface area (Å²) in [6.07, 6.45) is 2.93. The van der Waals surface area contributed by atoms with Gasteiger partial charge in [0, 0.05) is 12.1 Å². The average Bonchev–Trinajstić information content (AvgIpc) is 2.59. The van der Waals surface area contributed by atoms with Crippen molar-refractivity contribution >= 4 is 48.9 Å². The highest BCUT2D eigenvalue weighted by Gasteiger charge is 2.36. The van der Waals surface area contributed by atoms with Gasteiger partial charge in [-0.3, -0.25) is 0 Å². The summed E-state index contributed by atoms with van der Waals surface area (Å²) in [5.74, 6) is 0. The average molecular weight is 373 g/mol. The summed E-state index contributed by atoms with van der Waals surface area (Å²) in [6, 6.07) is 1.64. The van der Waals surface area contributed by atoms with Crippen LogP contribution in [0.4, 0.5) is 0 Å². The van der Waals surface area contributed by atoms with Crippen molar-refractivity contribution in [1.29, 1.82) is 0 Å². The summed E-state index contributed by atoms with van der Waals surface area (Å²) in [5, 5.41) is 0.455. The number of hydrogen-bond donors (Lipinski definition) is 0. The Kier molecular flexibility index (Phi) is 4.44. The van der Waals surface area contributed by atoms with Crippen molar-refractivity contribution in [2.24, 2.45) is 0 Å². The molecule has 2 rings (SSSR count). The minimum Gasteiger partial charge on any atom is -0.206 e. The van der Waals surface area contributed by atoms with Gasteiger partial charge in [0.05, 0.1) is 8.81 Å². The Morgan fingerprint density at radius 3 is 2.39 bits per heavy atom. The van der Waals surface area contributed by atoms with Gasteiger partial charge in [0.15, 0.2) is 0 Å². The molecule has 0 unspecified atom stereocenters. The maximum Gasteiger partial charge on any atom is 0.253 e. The normalized spacial score (nSPS) is 26.4. The number of hydrogen-bond acceptors (Lipinski definition) is 3. The largest absolute Gasteiger partial charge is 0.253 e. The molecule has 1 aromatic rings. The molecule has 1 aliphatic heterocycles. The molecule has 0 N–H and O–H groups in total. The Hall–Kier alpha value is 0.380. The van der Waals surface area contributed by atoms with Gasteiger partial charge in [0.25, 0.3) is 10.0 Å². The van der Waals surface area contributed by atoms with Crippen LogP contribution in [0.15, 0.2) is 14.1 Å². The van der Waals surface area contributed by atoms with Gasteiger partial charge in [-0.05, 0) is 48.7 Å². The van der Waals surface area contributed by atoms with E-state index in [2.05, 4.69) is 15.9 Å². The lowest BCUT2D eigenvalue weighted by Crippen LogP contribution is -2.47. The summed E-state index contributed by atoms with van der Waals surface area (Å²) >= 11 is 10.4. The standard InChI is InChI=1S/C11H15BrClNO2S2/c1-7-4-3-5-8(2)14(7)18(15,16)10-6-9(13)11(12)17-10/h6-8H,3-5H2,1-2H3/t7-,8+. The minimum atomic E-state index is -3.42. The highest BCUT2D eigenvalue weighted by atomic mass is 79.9. The third kappa shape index (κ3) is 2.63. The van der Waals surface area contributed by atoms with Gasteiger partial charge in [-0.25, -0.2) is 8.42 Å². The van der Waals surface area contributed by atoms with Crippen LogP contribution < -0.4 is 0 Å². The van der Waals surface area contributed by atoms with Crippen LogP contribution in [0.5, 0.6) is 0 Å². The van der Waals surface area contributed by atoms with Crippen LogP contribution in [0, 0.1) is 0 Å². The Morgan fingerprint density at radius 2 is 1.94 bits per heavy atom. The summed E-state index contributed by atoms with van der Waals surface area (Å²) in [6.45, 7) is 3.94. The molecule has 0 radical (unpaired) electrons. The first-order valence-electron chi connectivity index (χ1n) is 5.82. The summed E-state index contributed by atoms with van der Waals surface area (Å²) in [5.41, 5.74) is 0. The summed E-state index contributed by atoms with van der Waals surface area (Å²) in [4.78, 5) is 0. The fourth-order valence-electron chi connectivity index (χ4n) is 2.43. The topological polar surface area (TPSA) is 37.4 Å². The van der Waals surface area contributed by atoms with Crippen molar-refractivity contribution in [3.8, 4) is 0 Å². The predicted molar refractivity (Wildman–Crippen MR) is 78.8 cm³/mol. The minimum absolute atomic E-state index is 0.0541. The SMILES string of the molecule is C[C@@H]1CCC[C@H](C)N1S(=O)(=O)c1cc(Cl)c(Br)s1. The molecule has 0 spiro atoms. The molecule has 18 heavy (non-hydrogen) atoms. The van der Waals surface area contributed by atoms with Crippen LogP contribution in [-0.4, -0.2) is 24.8 Å². The second kappa shape index (κ2) is 5.40. The van der Waals surface area contributed by atoms with Crippen LogP contribution in [-0.2, 0) is 10.0 Å². The quantitative estimate of drug-likeness (QED) is 0.783. The van der Waals surface area contributed by atoms with Gasteiger partial charge in [-0.1, -0.05) is 18.0 Å². The number of piperidine rings is 1. The van der Waals surface area contributed by atoms with Crippen LogP contribution >= 0.6 is 38.9 Å². The van der Waals surface area contributed by atoms with Crippen molar-refractivity contribution in [2.45, 2.75) is 49.4 Å². The highest BCUT2D eigenvalue weighted by molar-refractivity contribution is 9.11. The first-order chi connectivity index (χ1) is 8.34. The van der Waals surface area contributed by atoms with Crippen LogP contribution in [0.25, 0.3) is 0 Å². The van der Waals surface area contributed by atoms with Gasteiger partial charge in [-0.15, -0.1) is 11.3 Å². The fraction of sp³-hybridized carbons (Fsp3) is 0.636. The van der Waals surface area contributed by atoms with E-state index in [9.17, 15) is 8.42 Å². The molecule has 1 aliphatic rings. The fourth-order valence-corrected chi connectivity index (χ4v) is 6.81. The predicted octanol–water partition coefficient (Wildman–Crippen LogP) is 4.12. The molecule has 0 bridgehead atoms. The Bertz CT molecular complexity index is 514. The molecule has 7 heteroatoms. The second-order valence-corrected chi connectivity index (χ2v) is 9.50. The third-order valence-electron chi connectivity index (χ3n) is 3.27. The van der Waals surface area contributed by atoms with Gasteiger partial charge < -0.3 is 0 Å². The van der Waals surface area contributed by atoms with Crippen LogP contribution in [0.1, 0.15) is 33.1 Å². The van der Waals surface area contributed by atoms with E-state index in [0.717, 1.165) is 19.3 Å². The number of thiophene rings is 1. The molecule has 1 aromatic heterocycles. The maximum atomic E-state index is 12.6. The van der Waals surface area contributed by atoms with E-state index < -0.39 is 10.0 Å². The summed E-state index contributed by atoms with van der Waals surface area (Å²) < 4.78 is 27.9. The van der Waals surface area contributed by atoms with E-state index in [0.29, 0.717) is 13.0 Å². The number of nitrogens with zero attached hydrogens (tertiary/aromatic N) is 1. The first-order valence-corrected chi connectivity index (χ1v) is 9.25. The molecule has 1 saturated heterocycles. The first kappa shape index (κ1) is 14.8. The van der Waals surface area contributed by atoms with Crippen molar-refractivity contribution in [1.82, 2.24) is 4.31 Å². The van der Waals surface area contributed by atoms with Crippen molar-refractivity contribution in [3.63, 3.8) is 0 Å². The lowest BCUT2D eigenvalue weighted by atomic mass is 10.0. The molecule has 0 aromatic carbocycles. The lowest BCUT2D eigenvalue weighted by molar-refractivity contribution is 0.204. The molecule has 0 amide bonds. The Balaban J connectivity index is 2.41. The van der Waals surface area contributed by atoms with Gasteiger partial charge in [0.2, 0.25) is 0 Å². The molecule has 1 fully saturated rings. The Morgan fingerprint density at radius 1 is 1.39 bits per heavy atom. The van der Waals surface area contributed by atoms with Gasteiger partial charge in [0.1, 0.15) is 4.21 Å². The zero-order valence-corrected chi connectivity index (χ0v) is 14.2. The lowest BCUT2D eigenvalue weighted by Gasteiger charge is -2.37. The number of rotatable bonds is 2. The smallest absolute Gasteiger partial charge is 0.206 e. The molecular weight excluding hydrogens is 358 g/mol. The van der Waals surface area contributed by atoms with E-state index in [4.69, 9.17) is 11.6 Å². The monoisotopic (exact) mass is 371 g/mol. The highest BCUT2D eigenvalue weighted by Crippen LogP contribution is 2.38. The molecule has 102 valence electrons. The van der Waals surface area contributed by atoms with E-state index >= 15 is 0 Å². The third-order valence-corrected chi connectivity index (χ3v) is 8.32. The molecule has 2 atom stereocenters. The van der Waals surface area contributed by atoms with E-state index in [1.54, 1.807) is 4.31 Å². The van der Waals surface area contributed by atoms with Crippen molar-refractivity contribution < 1.29 is 8.42 Å². The molecule has 3 nitrogen and oxygen atoms in total. The van der Waals surface area contributed by atoms with Crippen molar-refractivity contribution in [3.05, 3.63) is 14.9 Å². The van der Waals surface area contributed by atoms with Gasteiger partial charge in [-0.2, -0.15) is 4.31 Å². The molecule has 2 heterocycles. The number of sulfonamides is 1. The van der Waals surface area contributed by atoms with Crippen LogP contribution in [0.2, 0.25) is 5.02 Å². The molecule has 0 aliphatic carbocycles. The van der Waals surface area contributed by atoms with E-state index in [1.165, 1.54) is 17.4 Å². The van der Waals surface area contributed by atoms with E-state index in [1.807, 2.05) is 13.8 Å². The van der Waals surface area contributed by atoms with E-state index in [-0.39, 0.29) is 12.1 Å². The summed E-state index contributed by atoms with van der Waals surface area (Å²) in [7, 11) is -3.42. The number of halogens is 2. The molecular formula is C11H15BrClNO2S2. The maximum absolute atomic E-state index is 12.6. The molecule has 0 saturated carbocycles. The zero-order valence-electron chi connectivity index (χ0n) is 10.2. The van der Waals surface area contributed by atoms with Crippen LogP contribution in [0.3, 0.4) is 0 Å². The Labute approximate surface area is 125 Å².